The number of pyridine rings is 1. The number of ether oxygens (including phenoxy) is 2. The fraction of sp³-hybridized carbons (Fsp3) is 0.308. The summed E-state index contributed by atoms with van der Waals surface area (Å²) in [6, 6.07) is 20.1. The van der Waals surface area contributed by atoms with Crippen LogP contribution in [0.4, 0.5) is 0 Å². The number of nitrogens with zero attached hydrogens (tertiary/aromatic N) is 2. The minimum absolute atomic E-state index is 0.000120. The second-order valence-corrected chi connectivity index (χ2v) is 7.92. The average Bonchev–Trinajstić information content (AvgIpc) is 2.83. The molecule has 0 bridgehead atoms. The van der Waals surface area contributed by atoms with Crippen molar-refractivity contribution in [2.45, 2.75) is 25.7 Å². The van der Waals surface area contributed by atoms with E-state index in [-0.39, 0.29) is 5.91 Å². The van der Waals surface area contributed by atoms with Crippen LogP contribution in [0.1, 0.15) is 40.5 Å². The van der Waals surface area contributed by atoms with Gasteiger partial charge in [0.2, 0.25) is 0 Å². The highest BCUT2D eigenvalue weighted by Crippen LogP contribution is 2.32. The van der Waals surface area contributed by atoms with E-state index in [0.717, 1.165) is 24.2 Å². The van der Waals surface area contributed by atoms with Crippen molar-refractivity contribution in [3.05, 3.63) is 77.6 Å². The number of aromatic nitrogens is 1. The largest absolute Gasteiger partial charge is 0.497 e. The molecule has 1 aromatic heterocycles. The highest BCUT2D eigenvalue weighted by Gasteiger charge is 2.27. The van der Waals surface area contributed by atoms with E-state index in [0.29, 0.717) is 36.1 Å². The molecule has 1 saturated heterocycles. The summed E-state index contributed by atoms with van der Waals surface area (Å²) in [4.78, 5) is 19.8. The van der Waals surface area contributed by atoms with Gasteiger partial charge in [-0.15, -0.1) is 0 Å². The summed E-state index contributed by atoms with van der Waals surface area (Å²) < 4.78 is 10.7. The zero-order valence-electron chi connectivity index (χ0n) is 18.3. The Balaban J connectivity index is 1.48. The third-order valence-corrected chi connectivity index (χ3v) is 5.92. The van der Waals surface area contributed by atoms with E-state index < -0.39 is 0 Å². The van der Waals surface area contributed by atoms with Gasteiger partial charge in [-0.1, -0.05) is 30.3 Å². The quantitative estimate of drug-likeness (QED) is 0.581. The topological polar surface area (TPSA) is 51.7 Å². The first-order valence-electron chi connectivity index (χ1n) is 10.6. The molecule has 1 amide bonds. The number of methoxy groups -OCH3 is 2. The average molecular weight is 417 g/mol. The molecular formula is C26H28N2O3. The number of carbonyl (C=O) groups excluding carboxylic acids is 1. The minimum Gasteiger partial charge on any atom is -0.497 e. The highest BCUT2D eigenvalue weighted by atomic mass is 16.5. The Kier molecular flexibility index (Phi) is 6.21. The van der Waals surface area contributed by atoms with E-state index in [1.165, 1.54) is 11.1 Å². The molecule has 0 aliphatic carbocycles. The van der Waals surface area contributed by atoms with Crippen molar-refractivity contribution in [2.24, 2.45) is 0 Å². The number of carbonyl (C=O) groups is 1. The van der Waals surface area contributed by atoms with Crippen LogP contribution in [-0.4, -0.2) is 43.1 Å². The van der Waals surface area contributed by atoms with Crippen molar-refractivity contribution < 1.29 is 14.3 Å². The number of aryl methyl sites for hydroxylation is 1. The third kappa shape index (κ3) is 4.55. The van der Waals surface area contributed by atoms with Gasteiger partial charge >= 0.3 is 0 Å². The SMILES string of the molecule is COc1ccc(C(=O)N2CCC(c3cc(-c4ccccc4)cc(C)n3)CC2)c(OC)c1. The number of hydrogen-bond acceptors (Lipinski definition) is 4. The van der Waals surface area contributed by atoms with Gasteiger partial charge < -0.3 is 14.4 Å². The maximum absolute atomic E-state index is 13.1. The lowest BCUT2D eigenvalue weighted by Gasteiger charge is -2.32. The van der Waals surface area contributed by atoms with Crippen molar-refractivity contribution >= 4 is 5.91 Å². The van der Waals surface area contributed by atoms with Gasteiger partial charge in [0.1, 0.15) is 11.5 Å². The molecule has 31 heavy (non-hydrogen) atoms. The number of benzene rings is 2. The van der Waals surface area contributed by atoms with Crippen molar-refractivity contribution in [1.82, 2.24) is 9.88 Å². The maximum atomic E-state index is 13.1. The van der Waals surface area contributed by atoms with Crippen LogP contribution in [0.3, 0.4) is 0 Å². The zero-order valence-corrected chi connectivity index (χ0v) is 18.3. The van der Waals surface area contributed by atoms with E-state index in [9.17, 15) is 4.79 Å². The first-order valence-corrected chi connectivity index (χ1v) is 10.6. The summed E-state index contributed by atoms with van der Waals surface area (Å²) in [5, 5.41) is 0. The second-order valence-electron chi connectivity index (χ2n) is 7.92. The number of rotatable bonds is 5. The van der Waals surface area contributed by atoms with Gasteiger partial charge in [0.05, 0.1) is 19.8 Å². The number of amides is 1. The molecule has 1 fully saturated rings. The van der Waals surface area contributed by atoms with Crippen LogP contribution in [-0.2, 0) is 0 Å². The molecule has 0 radical (unpaired) electrons. The Morgan fingerprint density at radius 3 is 2.35 bits per heavy atom. The van der Waals surface area contributed by atoms with E-state index in [4.69, 9.17) is 14.5 Å². The number of hydrogen-bond donors (Lipinski definition) is 0. The Hall–Kier alpha value is -3.34. The molecule has 2 aromatic carbocycles. The molecule has 3 aromatic rings. The third-order valence-electron chi connectivity index (χ3n) is 5.92. The molecule has 5 nitrogen and oxygen atoms in total. The van der Waals surface area contributed by atoms with Gasteiger partial charge in [-0.25, -0.2) is 0 Å². The smallest absolute Gasteiger partial charge is 0.257 e. The summed E-state index contributed by atoms with van der Waals surface area (Å²) in [5.74, 6) is 1.57. The normalized spacial score (nSPS) is 14.4. The highest BCUT2D eigenvalue weighted by molar-refractivity contribution is 5.97. The molecular weight excluding hydrogens is 388 g/mol. The Morgan fingerprint density at radius 1 is 0.935 bits per heavy atom. The van der Waals surface area contributed by atoms with Crippen LogP contribution >= 0.6 is 0 Å². The Morgan fingerprint density at radius 2 is 1.68 bits per heavy atom. The van der Waals surface area contributed by atoms with Gasteiger partial charge in [-0.05, 0) is 55.2 Å². The Bertz CT molecular complexity index is 1060. The predicted molar refractivity (Wildman–Crippen MR) is 122 cm³/mol. The van der Waals surface area contributed by atoms with Crippen molar-refractivity contribution in [3.8, 4) is 22.6 Å². The van der Waals surface area contributed by atoms with Crippen LogP contribution in [0.25, 0.3) is 11.1 Å². The molecule has 0 unspecified atom stereocenters. The van der Waals surface area contributed by atoms with Gasteiger partial charge in [0.25, 0.3) is 5.91 Å². The standard InChI is InChI=1S/C26H28N2O3/c1-18-15-21(19-7-5-4-6-8-19)16-24(27-18)20-11-13-28(14-12-20)26(29)23-10-9-22(30-2)17-25(23)31-3/h4-10,15-17,20H,11-14H2,1-3H3. The molecule has 160 valence electrons. The first kappa shape index (κ1) is 20.9. The fourth-order valence-corrected chi connectivity index (χ4v) is 4.22. The molecule has 4 rings (SSSR count). The molecule has 1 aliphatic heterocycles. The predicted octanol–water partition coefficient (Wildman–Crippen LogP) is 5.09. The molecule has 5 heteroatoms. The van der Waals surface area contributed by atoms with Crippen LogP contribution in [0, 0.1) is 6.92 Å². The molecule has 0 saturated carbocycles. The van der Waals surface area contributed by atoms with Crippen LogP contribution < -0.4 is 9.47 Å². The number of likely N-dealkylation sites (tertiary alicyclic amines) is 1. The molecule has 2 heterocycles. The summed E-state index contributed by atoms with van der Waals surface area (Å²) in [5.41, 5.74) is 5.12. The van der Waals surface area contributed by atoms with E-state index in [1.807, 2.05) is 17.9 Å². The fourth-order valence-electron chi connectivity index (χ4n) is 4.22. The minimum atomic E-state index is 0.000120. The van der Waals surface area contributed by atoms with Crippen LogP contribution in [0.15, 0.2) is 60.7 Å². The molecule has 1 aliphatic rings. The number of piperidine rings is 1. The van der Waals surface area contributed by atoms with E-state index in [2.05, 4.69) is 36.4 Å². The van der Waals surface area contributed by atoms with Gasteiger partial charge in [-0.3, -0.25) is 9.78 Å². The summed E-state index contributed by atoms with van der Waals surface area (Å²) >= 11 is 0. The van der Waals surface area contributed by atoms with Crippen LogP contribution in [0.5, 0.6) is 11.5 Å². The first-order chi connectivity index (χ1) is 15.1. The van der Waals surface area contributed by atoms with Crippen molar-refractivity contribution in [1.29, 1.82) is 0 Å². The van der Waals surface area contributed by atoms with Crippen LogP contribution in [0.2, 0.25) is 0 Å². The monoisotopic (exact) mass is 416 g/mol. The lowest BCUT2D eigenvalue weighted by atomic mass is 9.91. The summed E-state index contributed by atoms with van der Waals surface area (Å²) in [7, 11) is 3.18. The molecule has 0 N–H and O–H groups in total. The van der Waals surface area contributed by atoms with Crippen molar-refractivity contribution in [2.75, 3.05) is 27.3 Å². The van der Waals surface area contributed by atoms with E-state index >= 15 is 0 Å². The Labute approximate surface area is 183 Å². The van der Waals surface area contributed by atoms with Gasteiger partial charge in [-0.2, -0.15) is 0 Å². The van der Waals surface area contributed by atoms with Gasteiger partial charge in [0, 0.05) is 36.5 Å². The summed E-state index contributed by atoms with van der Waals surface area (Å²) in [6.45, 7) is 3.45. The van der Waals surface area contributed by atoms with E-state index in [1.54, 1.807) is 32.4 Å². The molecule has 0 atom stereocenters. The summed E-state index contributed by atoms with van der Waals surface area (Å²) in [6.07, 6.45) is 1.80. The molecule has 0 spiro atoms. The second kappa shape index (κ2) is 9.21. The maximum Gasteiger partial charge on any atom is 0.257 e. The van der Waals surface area contributed by atoms with Crippen molar-refractivity contribution in [3.63, 3.8) is 0 Å². The zero-order chi connectivity index (χ0) is 21.8. The van der Waals surface area contributed by atoms with Gasteiger partial charge in [0.15, 0.2) is 0 Å². The lowest BCUT2D eigenvalue weighted by Crippen LogP contribution is -2.38. The lowest BCUT2D eigenvalue weighted by molar-refractivity contribution is 0.0708.